The number of carbonyl (C=O) groups excluding carboxylic acids is 1. The Balaban J connectivity index is 1.62. The lowest BCUT2D eigenvalue weighted by molar-refractivity contribution is -0.118. The maximum Gasteiger partial charge on any atom is 0.265 e. The Morgan fingerprint density at radius 3 is 2.57 bits per heavy atom. The first kappa shape index (κ1) is 19.5. The van der Waals surface area contributed by atoms with E-state index in [0.29, 0.717) is 22.5 Å². The minimum absolute atomic E-state index is 0.148. The molecule has 0 aliphatic heterocycles. The van der Waals surface area contributed by atoms with E-state index in [1.165, 1.54) is 12.1 Å². The summed E-state index contributed by atoms with van der Waals surface area (Å²) in [6.07, 6.45) is 0. The van der Waals surface area contributed by atoms with Crippen molar-refractivity contribution in [3.63, 3.8) is 0 Å². The van der Waals surface area contributed by atoms with Gasteiger partial charge in [0.25, 0.3) is 11.6 Å². The van der Waals surface area contributed by atoms with E-state index in [-0.39, 0.29) is 24.1 Å². The fourth-order valence-electron chi connectivity index (χ4n) is 3.18. The number of hydrogen-bond acceptors (Lipinski definition) is 6. The molecule has 2 aromatic carbocycles. The number of nitrogens with zero attached hydrogens (tertiary/aromatic N) is 3. The highest BCUT2D eigenvalue weighted by molar-refractivity contribution is 5.95. The monoisotopic (exact) mass is 406 g/mol. The number of carbonyl (C=O) groups is 1. The molecule has 0 spiro atoms. The average molecular weight is 406 g/mol. The van der Waals surface area contributed by atoms with Crippen LogP contribution >= 0.6 is 0 Å². The van der Waals surface area contributed by atoms with Crippen LogP contribution in [-0.2, 0) is 4.79 Å². The summed E-state index contributed by atoms with van der Waals surface area (Å²) in [6, 6.07) is 11.7. The van der Waals surface area contributed by atoms with Crippen molar-refractivity contribution in [3.05, 3.63) is 65.2 Å². The van der Waals surface area contributed by atoms with Gasteiger partial charge in [-0.25, -0.2) is 4.39 Å². The highest BCUT2D eigenvalue weighted by Gasteiger charge is 2.20. The Morgan fingerprint density at radius 2 is 1.83 bits per heavy atom. The van der Waals surface area contributed by atoms with Gasteiger partial charge in [-0.05, 0) is 44.0 Å². The second-order valence-electron chi connectivity index (χ2n) is 6.90. The van der Waals surface area contributed by atoms with Crippen LogP contribution in [0.5, 0.6) is 5.88 Å². The van der Waals surface area contributed by atoms with E-state index in [9.17, 15) is 9.18 Å². The van der Waals surface area contributed by atoms with Crippen LogP contribution in [0.2, 0.25) is 0 Å². The molecule has 0 aliphatic rings. The van der Waals surface area contributed by atoms with E-state index in [0.717, 1.165) is 16.8 Å². The summed E-state index contributed by atoms with van der Waals surface area (Å²) in [6.45, 7) is 5.24. The van der Waals surface area contributed by atoms with Gasteiger partial charge in [0.2, 0.25) is 5.88 Å². The van der Waals surface area contributed by atoms with Crippen molar-refractivity contribution >= 4 is 22.7 Å². The summed E-state index contributed by atoms with van der Waals surface area (Å²) < 4.78 is 24.7. The number of amides is 1. The third kappa shape index (κ3) is 3.84. The summed E-state index contributed by atoms with van der Waals surface area (Å²) in [5.41, 5.74) is 3.69. The number of hydrogen-bond donors (Lipinski definition) is 1. The number of fused-ring (bicyclic) bond motifs is 1. The van der Waals surface area contributed by atoms with Crippen molar-refractivity contribution < 1.29 is 18.4 Å². The Morgan fingerprint density at radius 1 is 1.10 bits per heavy atom. The van der Waals surface area contributed by atoms with Crippen molar-refractivity contribution in [2.45, 2.75) is 20.8 Å². The summed E-state index contributed by atoms with van der Waals surface area (Å²) in [7, 11) is 0. The van der Waals surface area contributed by atoms with Crippen molar-refractivity contribution in [1.29, 1.82) is 0 Å². The van der Waals surface area contributed by atoms with Gasteiger partial charge in [-0.1, -0.05) is 35.5 Å². The molecule has 2 aromatic heterocycles. The minimum Gasteiger partial charge on any atom is -0.467 e. The SMILES string of the molecule is Cc1nc(OCC(=O)Nc2c(C)cccc2C)c2c(-c3cccc(F)c3)noc2n1. The Labute approximate surface area is 171 Å². The molecule has 1 amide bonds. The van der Waals surface area contributed by atoms with E-state index < -0.39 is 5.82 Å². The molecule has 0 unspecified atom stereocenters. The first-order valence-electron chi connectivity index (χ1n) is 9.31. The summed E-state index contributed by atoms with van der Waals surface area (Å²) in [5.74, 6) is -0.197. The van der Waals surface area contributed by atoms with Crippen LogP contribution in [0.4, 0.5) is 10.1 Å². The number of halogens is 1. The van der Waals surface area contributed by atoms with Gasteiger partial charge >= 0.3 is 0 Å². The molecule has 4 rings (SSSR count). The van der Waals surface area contributed by atoms with Crippen LogP contribution in [0.25, 0.3) is 22.4 Å². The molecule has 0 radical (unpaired) electrons. The smallest absolute Gasteiger partial charge is 0.265 e. The van der Waals surface area contributed by atoms with Gasteiger partial charge in [-0.15, -0.1) is 0 Å². The number of para-hydroxylation sites is 1. The third-order valence-corrected chi connectivity index (χ3v) is 4.60. The van der Waals surface area contributed by atoms with Crippen molar-refractivity contribution in [3.8, 4) is 17.1 Å². The molecule has 4 aromatic rings. The van der Waals surface area contributed by atoms with Crippen molar-refractivity contribution in [2.24, 2.45) is 0 Å². The Kier molecular flexibility index (Phi) is 5.14. The molecule has 0 fully saturated rings. The zero-order valence-electron chi connectivity index (χ0n) is 16.7. The maximum absolute atomic E-state index is 13.7. The van der Waals surface area contributed by atoms with E-state index in [1.54, 1.807) is 19.1 Å². The van der Waals surface area contributed by atoms with Gasteiger partial charge in [-0.2, -0.15) is 9.97 Å². The number of aryl methyl sites for hydroxylation is 3. The molecule has 0 saturated heterocycles. The number of anilines is 1. The number of aromatic nitrogens is 3. The molecular formula is C22H19FN4O3. The van der Waals surface area contributed by atoms with Gasteiger partial charge in [0.1, 0.15) is 22.7 Å². The number of ether oxygens (including phenoxy) is 1. The van der Waals surface area contributed by atoms with E-state index in [1.807, 2.05) is 32.0 Å². The zero-order chi connectivity index (χ0) is 21.3. The first-order valence-corrected chi connectivity index (χ1v) is 9.31. The van der Waals surface area contributed by atoms with Crippen LogP contribution in [0.15, 0.2) is 47.0 Å². The quantitative estimate of drug-likeness (QED) is 0.529. The minimum atomic E-state index is -0.410. The van der Waals surface area contributed by atoms with E-state index in [2.05, 4.69) is 20.4 Å². The Bertz CT molecular complexity index is 1230. The first-order chi connectivity index (χ1) is 14.4. The normalized spacial score (nSPS) is 10.9. The highest BCUT2D eigenvalue weighted by Crippen LogP contribution is 2.33. The number of benzene rings is 2. The van der Waals surface area contributed by atoms with Crippen LogP contribution in [0, 0.1) is 26.6 Å². The molecule has 152 valence electrons. The lowest BCUT2D eigenvalue weighted by atomic mass is 10.1. The fourth-order valence-corrected chi connectivity index (χ4v) is 3.18. The van der Waals surface area contributed by atoms with Gasteiger partial charge < -0.3 is 14.6 Å². The van der Waals surface area contributed by atoms with E-state index in [4.69, 9.17) is 9.26 Å². The van der Waals surface area contributed by atoms with Crippen molar-refractivity contribution in [2.75, 3.05) is 11.9 Å². The lowest BCUT2D eigenvalue weighted by Gasteiger charge is -2.12. The van der Waals surface area contributed by atoms with Gasteiger partial charge in [-0.3, -0.25) is 4.79 Å². The summed E-state index contributed by atoms with van der Waals surface area (Å²) in [4.78, 5) is 21.0. The number of nitrogens with one attached hydrogen (secondary N) is 1. The fraction of sp³-hybridized carbons (Fsp3) is 0.182. The molecule has 8 heteroatoms. The molecule has 0 saturated carbocycles. The zero-order valence-corrected chi connectivity index (χ0v) is 16.7. The van der Waals surface area contributed by atoms with Gasteiger partial charge in [0, 0.05) is 11.3 Å². The molecular weight excluding hydrogens is 387 g/mol. The van der Waals surface area contributed by atoms with Crippen LogP contribution in [0.1, 0.15) is 17.0 Å². The molecule has 0 atom stereocenters. The summed E-state index contributed by atoms with van der Waals surface area (Å²) in [5, 5.41) is 7.25. The number of rotatable bonds is 5. The van der Waals surface area contributed by atoms with Crippen LogP contribution in [-0.4, -0.2) is 27.6 Å². The molecule has 0 bridgehead atoms. The molecule has 0 aliphatic carbocycles. The largest absolute Gasteiger partial charge is 0.467 e. The standard InChI is InChI=1S/C22H19FN4O3/c1-12-6-4-7-13(2)19(12)26-17(28)11-29-21-18-20(15-8-5-9-16(23)10-15)27-30-22(18)25-14(3)24-21/h4-10H,11H2,1-3H3,(H,26,28). The third-order valence-electron chi connectivity index (χ3n) is 4.60. The van der Waals surface area contributed by atoms with Crippen molar-refractivity contribution in [1.82, 2.24) is 15.1 Å². The molecule has 30 heavy (non-hydrogen) atoms. The van der Waals surface area contributed by atoms with Gasteiger partial charge in [0.15, 0.2) is 6.61 Å². The predicted octanol–water partition coefficient (Wildman–Crippen LogP) is 4.37. The lowest BCUT2D eigenvalue weighted by Crippen LogP contribution is -2.21. The molecule has 7 nitrogen and oxygen atoms in total. The Hall–Kier alpha value is -3.81. The second kappa shape index (κ2) is 7.90. The predicted molar refractivity (Wildman–Crippen MR) is 110 cm³/mol. The maximum atomic E-state index is 13.7. The van der Waals surface area contributed by atoms with Gasteiger partial charge in [0.05, 0.1) is 0 Å². The van der Waals surface area contributed by atoms with Crippen LogP contribution in [0.3, 0.4) is 0 Å². The second-order valence-corrected chi connectivity index (χ2v) is 6.90. The van der Waals surface area contributed by atoms with E-state index >= 15 is 0 Å². The average Bonchev–Trinajstić information content (AvgIpc) is 3.13. The van der Waals surface area contributed by atoms with Crippen LogP contribution < -0.4 is 10.1 Å². The molecule has 2 heterocycles. The molecule has 1 N–H and O–H groups in total. The topological polar surface area (TPSA) is 90.1 Å². The summed E-state index contributed by atoms with van der Waals surface area (Å²) >= 11 is 0. The highest BCUT2D eigenvalue weighted by atomic mass is 19.1.